The summed E-state index contributed by atoms with van der Waals surface area (Å²) in [5.41, 5.74) is 1.45. The molecule has 0 aromatic heterocycles. The van der Waals surface area contributed by atoms with Gasteiger partial charge >= 0.3 is 0 Å². The second-order valence-electron chi connectivity index (χ2n) is 4.72. The van der Waals surface area contributed by atoms with E-state index in [1.54, 1.807) is 31.0 Å². The van der Waals surface area contributed by atoms with Gasteiger partial charge in [0.15, 0.2) is 0 Å². The predicted molar refractivity (Wildman–Crippen MR) is 73.4 cm³/mol. The topological polar surface area (TPSA) is 35.5 Å². The molecule has 0 radical (unpaired) electrons. The summed E-state index contributed by atoms with van der Waals surface area (Å²) in [4.78, 5) is 1.72. The van der Waals surface area contributed by atoms with Gasteiger partial charge in [-0.1, -0.05) is 13.0 Å². The number of hydrogen-bond donors (Lipinski definition) is 2. The van der Waals surface area contributed by atoms with E-state index in [4.69, 9.17) is 0 Å². The highest BCUT2D eigenvalue weighted by Crippen LogP contribution is 2.22. The van der Waals surface area contributed by atoms with Gasteiger partial charge in [-0.3, -0.25) is 0 Å². The van der Waals surface area contributed by atoms with Crippen LogP contribution in [0.2, 0.25) is 0 Å². The van der Waals surface area contributed by atoms with Crippen LogP contribution in [0.5, 0.6) is 0 Å². The monoisotopic (exact) mass is 254 g/mol. The Morgan fingerprint density at radius 3 is 2.56 bits per heavy atom. The molecule has 3 nitrogen and oxygen atoms in total. The van der Waals surface area contributed by atoms with Crippen molar-refractivity contribution in [3.05, 3.63) is 29.6 Å². The minimum Gasteiger partial charge on any atom is -0.392 e. The number of aliphatic hydroxyl groups excluding tert-OH is 1. The lowest BCUT2D eigenvalue weighted by molar-refractivity contribution is 0.201. The van der Waals surface area contributed by atoms with Gasteiger partial charge in [-0.2, -0.15) is 0 Å². The van der Waals surface area contributed by atoms with Crippen molar-refractivity contribution in [2.24, 2.45) is 0 Å². The second kappa shape index (κ2) is 6.71. The quantitative estimate of drug-likeness (QED) is 0.817. The molecule has 0 aliphatic carbocycles. The van der Waals surface area contributed by atoms with Crippen molar-refractivity contribution < 1.29 is 9.50 Å². The van der Waals surface area contributed by atoms with Gasteiger partial charge in [0.05, 0.1) is 11.8 Å². The van der Waals surface area contributed by atoms with Crippen molar-refractivity contribution in [3.8, 4) is 0 Å². The third-order valence-corrected chi connectivity index (χ3v) is 2.93. The van der Waals surface area contributed by atoms with Crippen LogP contribution in [0.1, 0.15) is 32.4 Å². The number of nitrogens with zero attached hydrogens (tertiary/aromatic N) is 1. The fraction of sp³-hybridized carbons (Fsp3) is 0.571. The number of aliphatic hydroxyl groups is 1. The van der Waals surface area contributed by atoms with Gasteiger partial charge in [-0.25, -0.2) is 4.39 Å². The van der Waals surface area contributed by atoms with Gasteiger partial charge in [0.1, 0.15) is 5.82 Å². The van der Waals surface area contributed by atoms with E-state index in [1.165, 1.54) is 0 Å². The summed E-state index contributed by atoms with van der Waals surface area (Å²) in [6.45, 7) is 7.00. The lowest BCUT2D eigenvalue weighted by Gasteiger charge is -2.22. The normalized spacial score (nSPS) is 14.3. The molecule has 0 fully saturated rings. The van der Waals surface area contributed by atoms with Crippen LogP contribution in [0.3, 0.4) is 0 Å². The van der Waals surface area contributed by atoms with Crippen molar-refractivity contribution in [1.82, 2.24) is 5.32 Å². The largest absolute Gasteiger partial charge is 0.392 e. The Kier molecular flexibility index (Phi) is 5.56. The molecule has 2 N–H and O–H groups in total. The molecule has 0 saturated heterocycles. The SMILES string of the molecule is CCNC(C)c1ccc(N(C)CC(C)O)c(F)c1. The number of anilines is 1. The van der Waals surface area contributed by atoms with Crippen LogP contribution in [0, 0.1) is 5.82 Å². The van der Waals surface area contributed by atoms with Crippen LogP contribution in [-0.2, 0) is 0 Å². The summed E-state index contributed by atoms with van der Waals surface area (Å²) in [6, 6.07) is 5.38. The number of benzene rings is 1. The first-order chi connectivity index (χ1) is 8.45. The van der Waals surface area contributed by atoms with Gasteiger partial charge in [0.2, 0.25) is 0 Å². The molecule has 0 aliphatic heterocycles. The minimum atomic E-state index is -0.477. The van der Waals surface area contributed by atoms with Gasteiger partial charge < -0.3 is 15.3 Å². The van der Waals surface area contributed by atoms with Crippen LogP contribution in [0.4, 0.5) is 10.1 Å². The third kappa shape index (κ3) is 3.96. The van der Waals surface area contributed by atoms with E-state index in [1.807, 2.05) is 19.9 Å². The fourth-order valence-electron chi connectivity index (χ4n) is 2.02. The zero-order valence-electron chi connectivity index (χ0n) is 11.6. The van der Waals surface area contributed by atoms with Gasteiger partial charge in [0, 0.05) is 19.6 Å². The molecule has 1 rings (SSSR count). The minimum absolute atomic E-state index is 0.139. The predicted octanol–water partition coefficient (Wildman–Crippen LogP) is 2.31. The number of likely N-dealkylation sites (N-methyl/N-ethyl adjacent to an activating group) is 1. The number of halogens is 1. The van der Waals surface area contributed by atoms with Crippen LogP contribution >= 0.6 is 0 Å². The third-order valence-electron chi connectivity index (χ3n) is 2.93. The van der Waals surface area contributed by atoms with Gasteiger partial charge in [-0.15, -0.1) is 0 Å². The molecule has 18 heavy (non-hydrogen) atoms. The van der Waals surface area contributed by atoms with E-state index < -0.39 is 6.10 Å². The molecule has 1 aromatic carbocycles. The molecule has 1 aromatic rings. The molecule has 2 unspecified atom stereocenters. The second-order valence-corrected chi connectivity index (χ2v) is 4.72. The maximum atomic E-state index is 14.0. The average Bonchev–Trinajstić information content (AvgIpc) is 2.28. The standard InChI is InChI=1S/C14H23FN2O/c1-5-16-11(3)12-6-7-14(13(15)8-12)17(4)9-10(2)18/h6-8,10-11,16,18H,5,9H2,1-4H3. The van der Waals surface area contributed by atoms with Crippen molar-refractivity contribution >= 4 is 5.69 Å². The van der Waals surface area contributed by atoms with Gasteiger partial charge in [0.25, 0.3) is 0 Å². The molecule has 0 amide bonds. The zero-order chi connectivity index (χ0) is 13.7. The molecule has 102 valence electrons. The van der Waals surface area contributed by atoms with E-state index in [0.29, 0.717) is 12.2 Å². The molecule has 2 atom stereocenters. The first kappa shape index (κ1) is 14.9. The van der Waals surface area contributed by atoms with E-state index in [9.17, 15) is 9.50 Å². The molecule has 0 spiro atoms. The fourth-order valence-corrected chi connectivity index (χ4v) is 2.02. The Morgan fingerprint density at radius 2 is 2.06 bits per heavy atom. The molecule has 0 heterocycles. The summed E-state index contributed by atoms with van der Waals surface area (Å²) in [5, 5.41) is 12.6. The lowest BCUT2D eigenvalue weighted by Crippen LogP contribution is -2.27. The van der Waals surface area contributed by atoms with Crippen LogP contribution in [-0.4, -0.2) is 31.3 Å². The van der Waals surface area contributed by atoms with Crippen molar-refractivity contribution in [1.29, 1.82) is 0 Å². The smallest absolute Gasteiger partial charge is 0.146 e. The number of hydrogen-bond acceptors (Lipinski definition) is 3. The number of rotatable bonds is 6. The molecule has 4 heteroatoms. The van der Waals surface area contributed by atoms with Gasteiger partial charge in [-0.05, 0) is 38.1 Å². The van der Waals surface area contributed by atoms with Crippen molar-refractivity contribution in [2.45, 2.75) is 32.9 Å². The first-order valence-electron chi connectivity index (χ1n) is 6.37. The Labute approximate surface area is 109 Å². The summed E-state index contributed by atoms with van der Waals surface area (Å²) in [5.74, 6) is -0.250. The highest BCUT2D eigenvalue weighted by molar-refractivity contribution is 5.49. The number of nitrogens with one attached hydrogen (secondary N) is 1. The van der Waals surface area contributed by atoms with E-state index in [2.05, 4.69) is 5.32 Å². The van der Waals surface area contributed by atoms with Crippen LogP contribution in [0.15, 0.2) is 18.2 Å². The zero-order valence-corrected chi connectivity index (χ0v) is 11.6. The molecule has 0 bridgehead atoms. The summed E-state index contributed by atoms with van der Waals surface area (Å²) >= 11 is 0. The van der Waals surface area contributed by atoms with Crippen molar-refractivity contribution in [2.75, 3.05) is 25.0 Å². The van der Waals surface area contributed by atoms with E-state index >= 15 is 0 Å². The molecular formula is C14H23FN2O. The summed E-state index contributed by atoms with van der Waals surface area (Å²) < 4.78 is 14.0. The maximum Gasteiger partial charge on any atom is 0.146 e. The van der Waals surface area contributed by atoms with E-state index in [0.717, 1.165) is 12.1 Å². The Balaban J connectivity index is 2.85. The summed E-state index contributed by atoms with van der Waals surface area (Å²) in [7, 11) is 1.78. The van der Waals surface area contributed by atoms with Crippen LogP contribution in [0.25, 0.3) is 0 Å². The first-order valence-corrected chi connectivity index (χ1v) is 6.37. The Bertz CT molecular complexity index is 382. The Hall–Kier alpha value is -1.13. The average molecular weight is 254 g/mol. The molecular weight excluding hydrogens is 231 g/mol. The van der Waals surface area contributed by atoms with E-state index in [-0.39, 0.29) is 11.9 Å². The molecule has 0 saturated carbocycles. The maximum absolute atomic E-state index is 14.0. The highest BCUT2D eigenvalue weighted by Gasteiger charge is 2.12. The Morgan fingerprint density at radius 1 is 1.39 bits per heavy atom. The van der Waals surface area contributed by atoms with Crippen LogP contribution < -0.4 is 10.2 Å². The lowest BCUT2D eigenvalue weighted by atomic mass is 10.1. The van der Waals surface area contributed by atoms with Crippen molar-refractivity contribution in [3.63, 3.8) is 0 Å². The highest BCUT2D eigenvalue weighted by atomic mass is 19.1. The summed E-state index contributed by atoms with van der Waals surface area (Å²) in [6.07, 6.45) is -0.477. The molecule has 0 aliphatic rings.